The molecular weight excluding hydrogens is 326 g/mol. The van der Waals surface area contributed by atoms with E-state index in [1.807, 2.05) is 0 Å². The second-order valence-corrected chi connectivity index (χ2v) is 3.79. The molecule has 0 bridgehead atoms. The Hall–Kier alpha value is -0.960. The van der Waals surface area contributed by atoms with Crippen LogP contribution in [0.15, 0.2) is 12.1 Å². The van der Waals surface area contributed by atoms with Gasteiger partial charge in [0, 0.05) is 12.1 Å². The first-order chi connectivity index (χ1) is 6.43. The molecule has 0 radical (unpaired) electrons. The molecule has 0 aliphatic heterocycles. The summed E-state index contributed by atoms with van der Waals surface area (Å²) in [5.41, 5.74) is -0.713. The minimum absolute atomic E-state index is 0.0242. The summed E-state index contributed by atoms with van der Waals surface area (Å²) in [5, 5.41) is 20.9. The first-order valence-electron chi connectivity index (χ1n) is 3.21. The van der Waals surface area contributed by atoms with E-state index in [4.69, 9.17) is 11.6 Å². The smallest absolute Gasteiger partial charge is 0.258 e. The van der Waals surface area contributed by atoms with E-state index in [0.29, 0.717) is 0 Å². The number of nitrogens with zero attached hydrogens (tertiary/aromatic N) is 2. The molecule has 74 valence electrons. The van der Waals surface area contributed by atoms with Crippen LogP contribution in [0.5, 0.6) is 0 Å². The fraction of sp³-hybridized carbons (Fsp3) is 0. The van der Waals surface area contributed by atoms with Gasteiger partial charge in [-0.2, -0.15) is 0 Å². The van der Waals surface area contributed by atoms with Crippen molar-refractivity contribution >= 4 is 45.6 Å². The average molecular weight is 328 g/mol. The van der Waals surface area contributed by atoms with Crippen LogP contribution in [0.2, 0.25) is 5.02 Å². The number of nitro benzene ring substituents is 2. The first kappa shape index (κ1) is 11.1. The minimum atomic E-state index is -0.708. The highest BCUT2D eigenvalue weighted by molar-refractivity contribution is 14.1. The molecule has 0 saturated heterocycles. The van der Waals surface area contributed by atoms with Gasteiger partial charge in [-0.1, -0.05) is 11.6 Å². The van der Waals surface area contributed by atoms with Gasteiger partial charge in [-0.05, 0) is 22.6 Å². The minimum Gasteiger partial charge on any atom is -0.258 e. The summed E-state index contributed by atoms with van der Waals surface area (Å²) in [6.07, 6.45) is 0. The van der Waals surface area contributed by atoms with Crippen molar-refractivity contribution in [2.75, 3.05) is 0 Å². The number of rotatable bonds is 2. The highest BCUT2D eigenvalue weighted by atomic mass is 127. The standard InChI is InChI=1S/C6H2ClIN2O4/c7-3-1-4(9(11)12)6(8)5(2-3)10(13)14/h1-2H. The van der Waals surface area contributed by atoms with Crippen LogP contribution in [0, 0.1) is 23.8 Å². The predicted molar refractivity (Wildman–Crippen MR) is 57.5 cm³/mol. The topological polar surface area (TPSA) is 86.3 Å². The number of hydrogen-bond donors (Lipinski definition) is 0. The van der Waals surface area contributed by atoms with Crippen LogP contribution in [-0.4, -0.2) is 9.85 Å². The van der Waals surface area contributed by atoms with E-state index >= 15 is 0 Å². The summed E-state index contributed by atoms with van der Waals surface area (Å²) >= 11 is 7.04. The molecule has 1 aromatic carbocycles. The molecule has 0 aliphatic carbocycles. The Balaban J connectivity index is 3.47. The maximum atomic E-state index is 10.5. The zero-order valence-electron chi connectivity index (χ0n) is 6.44. The number of nitro groups is 2. The van der Waals surface area contributed by atoms with E-state index in [9.17, 15) is 20.2 Å². The quantitative estimate of drug-likeness (QED) is 0.474. The molecule has 0 N–H and O–H groups in total. The lowest BCUT2D eigenvalue weighted by molar-refractivity contribution is -0.396. The number of hydrogen-bond acceptors (Lipinski definition) is 4. The summed E-state index contributed by atoms with van der Waals surface area (Å²) in [4.78, 5) is 19.5. The van der Waals surface area contributed by atoms with Crippen molar-refractivity contribution in [3.8, 4) is 0 Å². The average Bonchev–Trinajstić information content (AvgIpc) is 2.07. The van der Waals surface area contributed by atoms with Gasteiger partial charge in [0.05, 0.1) is 14.9 Å². The molecule has 6 nitrogen and oxygen atoms in total. The Morgan fingerprint density at radius 1 is 1.14 bits per heavy atom. The SMILES string of the molecule is O=[N+]([O-])c1cc(Cl)cc([N+](=O)[O-])c1I. The normalized spacial score (nSPS) is 9.86. The van der Waals surface area contributed by atoms with Gasteiger partial charge in [0.2, 0.25) is 0 Å². The first-order valence-corrected chi connectivity index (χ1v) is 4.67. The predicted octanol–water partition coefficient (Wildman–Crippen LogP) is 2.76. The Bertz CT molecular complexity index is 387. The summed E-state index contributed by atoms with van der Waals surface area (Å²) < 4.78 is -0.0259. The number of halogens is 2. The van der Waals surface area contributed by atoms with Gasteiger partial charge in [-0.25, -0.2) is 0 Å². The third kappa shape index (κ3) is 2.10. The Kier molecular flexibility index (Phi) is 3.21. The Labute approximate surface area is 96.3 Å². The molecule has 0 unspecified atom stereocenters. The van der Waals surface area contributed by atoms with Crippen molar-refractivity contribution < 1.29 is 9.85 Å². The molecule has 0 spiro atoms. The third-order valence-electron chi connectivity index (χ3n) is 1.39. The number of benzene rings is 1. The molecule has 0 aromatic heterocycles. The van der Waals surface area contributed by atoms with E-state index in [1.54, 1.807) is 22.6 Å². The summed E-state index contributed by atoms with van der Waals surface area (Å²) in [6, 6.07) is 2.16. The molecular formula is C6H2ClIN2O4. The molecule has 14 heavy (non-hydrogen) atoms. The maximum Gasteiger partial charge on any atom is 0.291 e. The molecule has 8 heteroatoms. The van der Waals surface area contributed by atoms with Crippen LogP contribution >= 0.6 is 34.2 Å². The second-order valence-electron chi connectivity index (χ2n) is 2.27. The summed E-state index contributed by atoms with van der Waals surface area (Å²) in [7, 11) is 0. The van der Waals surface area contributed by atoms with Gasteiger partial charge < -0.3 is 0 Å². The summed E-state index contributed by atoms with van der Waals surface area (Å²) in [5.74, 6) is 0. The van der Waals surface area contributed by atoms with Gasteiger partial charge in [0.1, 0.15) is 0 Å². The fourth-order valence-electron chi connectivity index (χ4n) is 0.827. The van der Waals surface area contributed by atoms with E-state index < -0.39 is 9.85 Å². The van der Waals surface area contributed by atoms with Crippen LogP contribution in [0.4, 0.5) is 11.4 Å². The molecule has 0 heterocycles. The van der Waals surface area contributed by atoms with Crippen molar-refractivity contribution in [3.05, 3.63) is 41.0 Å². The van der Waals surface area contributed by atoms with Crippen molar-refractivity contribution in [2.24, 2.45) is 0 Å². The van der Waals surface area contributed by atoms with E-state index in [1.165, 1.54) is 0 Å². The maximum absolute atomic E-state index is 10.5. The van der Waals surface area contributed by atoms with Crippen LogP contribution < -0.4 is 0 Å². The van der Waals surface area contributed by atoms with Gasteiger partial charge in [0.15, 0.2) is 3.57 Å². The summed E-state index contributed by atoms with van der Waals surface area (Å²) in [6.45, 7) is 0. The molecule has 1 aromatic rings. The van der Waals surface area contributed by atoms with Gasteiger partial charge in [0.25, 0.3) is 11.4 Å². The lowest BCUT2D eigenvalue weighted by Gasteiger charge is -1.98. The van der Waals surface area contributed by atoms with Crippen molar-refractivity contribution in [2.45, 2.75) is 0 Å². The third-order valence-corrected chi connectivity index (χ3v) is 2.72. The van der Waals surface area contributed by atoms with Crippen LogP contribution in [0.25, 0.3) is 0 Å². The zero-order valence-corrected chi connectivity index (χ0v) is 9.35. The molecule has 0 saturated carbocycles. The fourth-order valence-corrected chi connectivity index (χ4v) is 1.74. The van der Waals surface area contributed by atoms with Crippen molar-refractivity contribution in [1.82, 2.24) is 0 Å². The van der Waals surface area contributed by atoms with E-state index in [0.717, 1.165) is 12.1 Å². The highest BCUT2D eigenvalue weighted by Crippen LogP contribution is 2.33. The second kappa shape index (κ2) is 4.05. The van der Waals surface area contributed by atoms with Crippen LogP contribution in [-0.2, 0) is 0 Å². The Morgan fingerprint density at radius 3 is 1.79 bits per heavy atom. The van der Waals surface area contributed by atoms with Gasteiger partial charge in [-0.3, -0.25) is 20.2 Å². The molecule has 0 fully saturated rings. The Morgan fingerprint density at radius 2 is 1.50 bits per heavy atom. The molecule has 0 atom stereocenters. The van der Waals surface area contributed by atoms with Crippen molar-refractivity contribution in [3.63, 3.8) is 0 Å². The largest absolute Gasteiger partial charge is 0.291 e. The lowest BCUT2D eigenvalue weighted by Crippen LogP contribution is -1.97. The van der Waals surface area contributed by atoms with E-state index in [-0.39, 0.29) is 20.0 Å². The van der Waals surface area contributed by atoms with Gasteiger partial charge >= 0.3 is 0 Å². The van der Waals surface area contributed by atoms with Gasteiger partial charge in [-0.15, -0.1) is 0 Å². The lowest BCUT2D eigenvalue weighted by atomic mass is 10.3. The van der Waals surface area contributed by atoms with Crippen molar-refractivity contribution in [1.29, 1.82) is 0 Å². The zero-order chi connectivity index (χ0) is 10.9. The van der Waals surface area contributed by atoms with E-state index in [2.05, 4.69) is 0 Å². The highest BCUT2D eigenvalue weighted by Gasteiger charge is 2.23. The molecule has 1 rings (SSSR count). The monoisotopic (exact) mass is 328 g/mol. The molecule has 0 amide bonds. The van der Waals surface area contributed by atoms with Crippen LogP contribution in [0.3, 0.4) is 0 Å². The van der Waals surface area contributed by atoms with Crippen LogP contribution in [0.1, 0.15) is 0 Å². The molecule has 0 aliphatic rings.